The summed E-state index contributed by atoms with van der Waals surface area (Å²) in [7, 11) is 0. The van der Waals surface area contributed by atoms with Crippen LogP contribution in [0.4, 0.5) is 5.69 Å². The van der Waals surface area contributed by atoms with E-state index >= 15 is 0 Å². The average molecular weight is 671 g/mol. The number of ether oxygens (including phenoxy) is 1. The smallest absolute Gasteiger partial charge is 0.273 e. The Kier molecular flexibility index (Phi) is 9.64. The van der Waals surface area contributed by atoms with Gasteiger partial charge in [-0.15, -0.1) is 12.8 Å². The number of carbonyl (C=O) groups is 2. The highest BCUT2D eigenvalue weighted by atomic mass is 16.6. The van der Waals surface area contributed by atoms with Crippen LogP contribution in [0.2, 0.25) is 0 Å². The van der Waals surface area contributed by atoms with Crippen molar-refractivity contribution in [3.63, 3.8) is 0 Å². The maximum atomic E-state index is 13.9. The molecule has 260 valence electrons. The predicted octanol–water partition coefficient (Wildman–Crippen LogP) is 6.82. The van der Waals surface area contributed by atoms with Crippen LogP contribution in [0.5, 0.6) is 0 Å². The quantitative estimate of drug-likeness (QED) is 0.213. The number of piperazine rings is 1. The number of carbonyl (C=O) groups excluding carboxylic acids is 2. The van der Waals surface area contributed by atoms with Crippen molar-refractivity contribution in [1.29, 1.82) is 0 Å². The summed E-state index contributed by atoms with van der Waals surface area (Å²) < 4.78 is 6.08. The Morgan fingerprint density at radius 1 is 1.06 bits per heavy atom. The maximum Gasteiger partial charge on any atom is 0.273 e. The highest BCUT2D eigenvalue weighted by molar-refractivity contribution is 5.97. The molecule has 0 radical (unpaired) electrons. The molecule has 3 fully saturated rings. The predicted molar refractivity (Wildman–Crippen MR) is 199 cm³/mol. The van der Waals surface area contributed by atoms with Crippen molar-refractivity contribution in [2.45, 2.75) is 95.8 Å². The van der Waals surface area contributed by atoms with Gasteiger partial charge in [-0.05, 0) is 111 Å². The first kappa shape index (κ1) is 34.1. The number of nitrogens with zero attached hydrogens (tertiary/aromatic N) is 4. The van der Waals surface area contributed by atoms with Crippen LogP contribution in [-0.2, 0) is 16.0 Å². The van der Waals surface area contributed by atoms with Crippen LogP contribution in [0.25, 0.3) is 10.9 Å². The molecular formula is C43H50N4O3. The van der Waals surface area contributed by atoms with Gasteiger partial charge >= 0.3 is 0 Å². The molecule has 7 heteroatoms. The molecule has 50 heavy (non-hydrogen) atoms. The van der Waals surface area contributed by atoms with Crippen LogP contribution in [-0.4, -0.2) is 77.1 Å². The van der Waals surface area contributed by atoms with E-state index in [-0.39, 0.29) is 23.5 Å². The molecule has 1 spiro atoms. The van der Waals surface area contributed by atoms with E-state index in [0.29, 0.717) is 56.2 Å². The number of fused-ring (bicyclic) bond motifs is 4. The number of benzene rings is 2. The van der Waals surface area contributed by atoms with Crippen LogP contribution in [0.3, 0.4) is 0 Å². The Bertz CT molecular complexity index is 1850. The highest BCUT2D eigenvalue weighted by Crippen LogP contribution is 2.52. The van der Waals surface area contributed by atoms with Gasteiger partial charge in [-0.2, -0.15) is 0 Å². The van der Waals surface area contributed by atoms with E-state index in [9.17, 15) is 9.59 Å². The van der Waals surface area contributed by atoms with Gasteiger partial charge in [0, 0.05) is 43.7 Å². The van der Waals surface area contributed by atoms with Gasteiger partial charge < -0.3 is 19.4 Å². The summed E-state index contributed by atoms with van der Waals surface area (Å²) in [5, 5.41) is 0.981. The number of hydrogen-bond donors (Lipinski definition) is 0. The number of para-hydroxylation sites is 1. The summed E-state index contributed by atoms with van der Waals surface area (Å²) in [6, 6.07) is 15.5. The second kappa shape index (κ2) is 14.1. The first-order valence-corrected chi connectivity index (χ1v) is 18.7. The lowest BCUT2D eigenvalue weighted by atomic mass is 9.67. The van der Waals surface area contributed by atoms with Gasteiger partial charge in [0.15, 0.2) is 0 Å². The standard InChI is InChI=1S/C43H50N4O3/c1-6-22-47(42(49)38-18-16-32-12-9-10-14-37(32)44-38)30(5)41(48)46-25-23-45(24-26-46)39-28-36-33(27-31(39)7-2)15-17-34-29(4)19-21-43(40(8-3)50-43)20-11-13-35(34)36/h2-3,9-10,12,14,16,18,27-30,34-35,40H,6,11,13,15,17,19-26H2,1,4-5H3/t29?,30-,34-,35?,40?,43+/m0/s1. The van der Waals surface area contributed by atoms with E-state index in [2.05, 4.69) is 40.8 Å². The van der Waals surface area contributed by atoms with E-state index in [1.165, 1.54) is 17.5 Å². The van der Waals surface area contributed by atoms with Gasteiger partial charge in [0.25, 0.3) is 5.91 Å². The van der Waals surface area contributed by atoms with Gasteiger partial charge in [0.2, 0.25) is 5.91 Å². The molecule has 0 bridgehead atoms. The molecule has 2 amide bonds. The van der Waals surface area contributed by atoms with Crippen molar-refractivity contribution in [1.82, 2.24) is 14.8 Å². The van der Waals surface area contributed by atoms with Gasteiger partial charge in [-0.3, -0.25) is 9.59 Å². The first-order valence-electron chi connectivity index (χ1n) is 18.7. The fraction of sp³-hybridized carbons (Fsp3) is 0.512. The second-order valence-electron chi connectivity index (χ2n) is 15.0. The molecule has 6 atom stereocenters. The molecule has 0 N–H and O–H groups in total. The van der Waals surface area contributed by atoms with Crippen molar-refractivity contribution < 1.29 is 14.3 Å². The first-order chi connectivity index (χ1) is 24.3. The zero-order valence-electron chi connectivity index (χ0n) is 29.9. The summed E-state index contributed by atoms with van der Waals surface area (Å²) in [5.74, 6) is 7.38. The second-order valence-corrected chi connectivity index (χ2v) is 15.0. The molecule has 2 aliphatic heterocycles. The van der Waals surface area contributed by atoms with Gasteiger partial charge in [0.1, 0.15) is 23.4 Å². The molecule has 2 saturated heterocycles. The van der Waals surface area contributed by atoms with Crippen molar-refractivity contribution in [3.05, 3.63) is 70.9 Å². The summed E-state index contributed by atoms with van der Waals surface area (Å²) in [6.45, 7) is 9.33. The van der Waals surface area contributed by atoms with E-state index < -0.39 is 6.04 Å². The Hall–Kier alpha value is -4.33. The number of pyridine rings is 1. The minimum atomic E-state index is -0.592. The molecule has 3 aromatic rings. The number of aryl methyl sites for hydroxylation is 1. The van der Waals surface area contributed by atoms with E-state index in [1.807, 2.05) is 49.1 Å². The normalized spacial score (nSPS) is 26.7. The summed E-state index contributed by atoms with van der Waals surface area (Å²) in [4.78, 5) is 38.2. The van der Waals surface area contributed by atoms with Gasteiger partial charge in [-0.1, -0.05) is 50.0 Å². The third-order valence-electron chi connectivity index (χ3n) is 12.2. The molecule has 1 aromatic heterocycles. The van der Waals surface area contributed by atoms with Gasteiger partial charge in [0.05, 0.1) is 11.2 Å². The van der Waals surface area contributed by atoms with Crippen LogP contribution in [0.15, 0.2) is 48.5 Å². The number of anilines is 1. The molecule has 4 aliphatic rings. The third-order valence-corrected chi connectivity index (χ3v) is 12.2. The Balaban J connectivity index is 1.05. The van der Waals surface area contributed by atoms with Crippen molar-refractivity contribution in [2.75, 3.05) is 37.6 Å². The topological polar surface area (TPSA) is 69.3 Å². The number of hydrogen-bond acceptors (Lipinski definition) is 5. The third kappa shape index (κ3) is 6.38. The van der Waals surface area contributed by atoms with E-state index in [0.717, 1.165) is 67.1 Å². The fourth-order valence-corrected chi connectivity index (χ4v) is 9.20. The molecule has 2 aliphatic carbocycles. The molecule has 3 unspecified atom stereocenters. The largest absolute Gasteiger partial charge is 0.367 e. The highest BCUT2D eigenvalue weighted by Gasteiger charge is 2.55. The minimum absolute atomic E-state index is 0.0164. The molecule has 1 saturated carbocycles. The Morgan fingerprint density at radius 3 is 2.60 bits per heavy atom. The van der Waals surface area contributed by atoms with Gasteiger partial charge in [-0.25, -0.2) is 4.98 Å². The molecule has 7 rings (SSSR count). The lowest BCUT2D eigenvalue weighted by Gasteiger charge is -2.41. The van der Waals surface area contributed by atoms with Crippen molar-refractivity contribution >= 4 is 28.4 Å². The minimum Gasteiger partial charge on any atom is -0.367 e. The monoisotopic (exact) mass is 670 g/mol. The molecule has 3 heterocycles. The summed E-state index contributed by atoms with van der Waals surface area (Å²) >= 11 is 0. The van der Waals surface area contributed by atoms with Crippen molar-refractivity contribution in [2.24, 2.45) is 11.8 Å². The molecular weight excluding hydrogens is 620 g/mol. The zero-order valence-corrected chi connectivity index (χ0v) is 29.9. The average Bonchev–Trinajstić information content (AvgIpc) is 3.85. The maximum absolute atomic E-state index is 13.9. The fourth-order valence-electron chi connectivity index (χ4n) is 9.20. The summed E-state index contributed by atoms with van der Waals surface area (Å²) in [5.41, 5.74) is 5.96. The van der Waals surface area contributed by atoms with E-state index in [4.69, 9.17) is 17.6 Å². The van der Waals surface area contributed by atoms with Crippen LogP contribution in [0, 0.1) is 36.5 Å². The number of epoxide rings is 1. The van der Waals surface area contributed by atoms with Crippen molar-refractivity contribution in [3.8, 4) is 24.7 Å². The zero-order chi connectivity index (χ0) is 35.0. The van der Waals surface area contributed by atoms with E-state index in [1.54, 1.807) is 11.0 Å². The number of aromatic nitrogens is 1. The Labute approximate surface area is 297 Å². The number of rotatable bonds is 6. The Morgan fingerprint density at radius 2 is 1.86 bits per heavy atom. The lowest BCUT2D eigenvalue weighted by molar-refractivity contribution is -0.135. The lowest BCUT2D eigenvalue weighted by Crippen LogP contribution is -2.55. The number of terminal acetylenes is 2. The van der Waals surface area contributed by atoms with Crippen LogP contribution in [0.1, 0.15) is 98.8 Å². The molecule has 7 nitrogen and oxygen atoms in total. The SMILES string of the molecule is C#Cc1cc2c(cc1N1CCN(C(=O)[C@H](C)N(CCC)C(=O)c3ccc4ccccc4n3)CC1)C1CCC[C@]3(CCC(C)[C@@H]1CC2)OC3C#C. The molecule has 2 aromatic carbocycles. The van der Waals surface area contributed by atoms with Crippen LogP contribution < -0.4 is 4.90 Å². The summed E-state index contributed by atoms with van der Waals surface area (Å²) in [6.07, 6.45) is 20.4. The van der Waals surface area contributed by atoms with Crippen LogP contribution >= 0.6 is 0 Å². The number of amides is 2.